The summed E-state index contributed by atoms with van der Waals surface area (Å²) in [7, 11) is -0.141. The molecular weight excluding hydrogens is 416 g/mol. The van der Waals surface area contributed by atoms with Crippen molar-refractivity contribution in [2.75, 3.05) is 33.5 Å². The maximum Gasteiger partial charge on any atom is 0.218 e. The van der Waals surface area contributed by atoms with Gasteiger partial charge in [0.2, 0.25) is 8.32 Å². The van der Waals surface area contributed by atoms with E-state index in [-0.39, 0.29) is 0 Å². The SMILES string of the molecule is COCCOc1ccc(C)cc1.Cc1ccc(OCCO[Si](C)(C)c2ccccc2)cc1. The van der Waals surface area contributed by atoms with Crippen molar-refractivity contribution in [2.45, 2.75) is 26.9 Å². The number of ether oxygens (including phenoxy) is 3. The van der Waals surface area contributed by atoms with Crippen LogP contribution in [-0.4, -0.2) is 41.9 Å². The average molecular weight is 453 g/mol. The molecule has 0 amide bonds. The normalized spacial score (nSPS) is 10.8. The highest BCUT2D eigenvalue weighted by atomic mass is 28.4. The summed E-state index contributed by atoms with van der Waals surface area (Å²) in [6.45, 7) is 11.0. The number of hydrogen-bond acceptors (Lipinski definition) is 4. The van der Waals surface area contributed by atoms with Crippen LogP contribution < -0.4 is 14.7 Å². The van der Waals surface area contributed by atoms with Crippen LogP contribution in [0.5, 0.6) is 11.5 Å². The van der Waals surface area contributed by atoms with Crippen LogP contribution in [0.25, 0.3) is 0 Å². The molecule has 0 atom stereocenters. The molecule has 0 fully saturated rings. The van der Waals surface area contributed by atoms with Gasteiger partial charge in [-0.25, -0.2) is 0 Å². The van der Waals surface area contributed by atoms with E-state index in [0.29, 0.717) is 26.4 Å². The Morgan fingerprint density at radius 2 is 1.06 bits per heavy atom. The summed E-state index contributed by atoms with van der Waals surface area (Å²) >= 11 is 0. The summed E-state index contributed by atoms with van der Waals surface area (Å²) in [6, 6.07) is 26.5. The predicted octanol–water partition coefficient (Wildman–Crippen LogP) is 5.52. The third-order valence-electron chi connectivity index (χ3n) is 4.88. The first-order valence-corrected chi connectivity index (χ1v) is 13.9. The number of aryl methyl sites for hydroxylation is 2. The molecule has 4 nitrogen and oxygen atoms in total. The van der Waals surface area contributed by atoms with Gasteiger partial charge in [0.05, 0.1) is 13.2 Å². The minimum Gasteiger partial charge on any atom is -0.491 e. The van der Waals surface area contributed by atoms with Crippen LogP contribution in [0.2, 0.25) is 13.1 Å². The quantitative estimate of drug-likeness (QED) is 0.300. The molecule has 0 aliphatic heterocycles. The molecule has 3 rings (SSSR count). The lowest BCUT2D eigenvalue weighted by molar-refractivity contribution is 0.146. The lowest BCUT2D eigenvalue weighted by Gasteiger charge is -2.23. The van der Waals surface area contributed by atoms with Crippen LogP contribution in [-0.2, 0) is 9.16 Å². The van der Waals surface area contributed by atoms with Crippen LogP contribution in [0.1, 0.15) is 11.1 Å². The van der Waals surface area contributed by atoms with E-state index in [1.165, 1.54) is 16.3 Å². The number of benzene rings is 3. The topological polar surface area (TPSA) is 36.9 Å². The maximum absolute atomic E-state index is 6.07. The van der Waals surface area contributed by atoms with Crippen molar-refractivity contribution in [3.63, 3.8) is 0 Å². The fraction of sp³-hybridized carbons (Fsp3) is 0.333. The highest BCUT2D eigenvalue weighted by Crippen LogP contribution is 2.12. The first kappa shape index (κ1) is 25.7. The zero-order valence-electron chi connectivity index (χ0n) is 20.0. The van der Waals surface area contributed by atoms with Crippen molar-refractivity contribution < 1.29 is 18.6 Å². The van der Waals surface area contributed by atoms with Gasteiger partial charge in [-0.05, 0) is 56.4 Å². The van der Waals surface area contributed by atoms with Gasteiger partial charge < -0.3 is 18.6 Å². The van der Waals surface area contributed by atoms with Gasteiger partial charge in [-0.2, -0.15) is 0 Å². The zero-order valence-corrected chi connectivity index (χ0v) is 21.0. The molecule has 0 unspecified atom stereocenters. The van der Waals surface area contributed by atoms with E-state index in [4.69, 9.17) is 18.6 Å². The van der Waals surface area contributed by atoms with Crippen molar-refractivity contribution in [1.82, 2.24) is 0 Å². The zero-order chi connectivity index (χ0) is 23.2. The monoisotopic (exact) mass is 452 g/mol. The lowest BCUT2D eigenvalue weighted by Crippen LogP contribution is -2.45. The Balaban J connectivity index is 0.000000258. The molecule has 0 spiro atoms. The van der Waals surface area contributed by atoms with Crippen LogP contribution in [0.15, 0.2) is 78.9 Å². The predicted molar refractivity (Wildman–Crippen MR) is 135 cm³/mol. The molecule has 0 aliphatic carbocycles. The second-order valence-corrected chi connectivity index (χ2v) is 11.9. The standard InChI is InChI=1S/C17H22O2Si.C10H14O2/c1-15-9-11-16(12-10-15)18-13-14-19-20(2,3)17-7-5-4-6-8-17;1-9-3-5-10(6-4-9)12-8-7-11-2/h4-12H,13-14H2,1-3H3;3-6H,7-8H2,1-2H3. The number of hydrogen-bond donors (Lipinski definition) is 0. The number of methoxy groups -OCH3 is 1. The fourth-order valence-corrected chi connectivity index (χ4v) is 4.65. The summed E-state index contributed by atoms with van der Waals surface area (Å²) in [4.78, 5) is 0. The van der Waals surface area contributed by atoms with Gasteiger partial charge in [0.25, 0.3) is 0 Å². The highest BCUT2D eigenvalue weighted by Gasteiger charge is 2.24. The van der Waals surface area contributed by atoms with Crippen molar-refractivity contribution in [3.05, 3.63) is 90.0 Å². The molecule has 0 radical (unpaired) electrons. The molecule has 0 aliphatic rings. The molecule has 3 aromatic carbocycles. The summed E-state index contributed by atoms with van der Waals surface area (Å²) in [6.07, 6.45) is 0. The highest BCUT2D eigenvalue weighted by molar-refractivity contribution is 6.84. The number of rotatable bonds is 10. The first-order chi connectivity index (χ1) is 15.4. The largest absolute Gasteiger partial charge is 0.491 e. The van der Waals surface area contributed by atoms with Gasteiger partial charge in [-0.15, -0.1) is 0 Å². The van der Waals surface area contributed by atoms with Crippen LogP contribution in [0.4, 0.5) is 0 Å². The lowest BCUT2D eigenvalue weighted by atomic mass is 10.2. The van der Waals surface area contributed by atoms with Crippen LogP contribution in [0.3, 0.4) is 0 Å². The Hall–Kier alpha value is -2.60. The smallest absolute Gasteiger partial charge is 0.218 e. The van der Waals surface area contributed by atoms with E-state index >= 15 is 0 Å². The van der Waals surface area contributed by atoms with Gasteiger partial charge in [0.1, 0.15) is 24.7 Å². The third-order valence-corrected chi connectivity index (χ3v) is 7.53. The average Bonchev–Trinajstić information content (AvgIpc) is 2.80. The van der Waals surface area contributed by atoms with Crippen molar-refractivity contribution >= 4 is 13.5 Å². The van der Waals surface area contributed by atoms with E-state index in [9.17, 15) is 0 Å². The molecule has 0 aromatic heterocycles. The van der Waals surface area contributed by atoms with Gasteiger partial charge >= 0.3 is 0 Å². The van der Waals surface area contributed by atoms with Crippen molar-refractivity contribution in [1.29, 1.82) is 0 Å². The minimum absolute atomic E-state index is 0.590. The summed E-state index contributed by atoms with van der Waals surface area (Å²) < 4.78 is 22.0. The maximum atomic E-state index is 6.07. The van der Waals surface area contributed by atoms with Crippen molar-refractivity contribution in [2.24, 2.45) is 0 Å². The molecule has 0 saturated carbocycles. The molecule has 5 heteroatoms. The molecule has 0 heterocycles. The van der Waals surface area contributed by atoms with E-state index < -0.39 is 8.32 Å². The van der Waals surface area contributed by atoms with Gasteiger partial charge in [0, 0.05) is 7.11 Å². The Morgan fingerprint density at radius 1 is 0.594 bits per heavy atom. The molecular formula is C27H36O4Si. The van der Waals surface area contributed by atoms with Crippen molar-refractivity contribution in [3.8, 4) is 11.5 Å². The van der Waals surface area contributed by atoms with Gasteiger partial charge in [0.15, 0.2) is 0 Å². The van der Waals surface area contributed by atoms with E-state index in [1.807, 2.05) is 42.5 Å². The summed E-state index contributed by atoms with van der Waals surface area (Å²) in [5, 5.41) is 1.32. The molecule has 0 saturated heterocycles. The Labute approximate surface area is 194 Å². The molecule has 0 bridgehead atoms. The van der Waals surface area contributed by atoms with Crippen LogP contribution in [0, 0.1) is 13.8 Å². The van der Waals surface area contributed by atoms with Gasteiger partial charge in [-0.1, -0.05) is 65.7 Å². The van der Waals surface area contributed by atoms with E-state index in [2.05, 4.69) is 63.3 Å². The van der Waals surface area contributed by atoms with E-state index in [0.717, 1.165) is 11.5 Å². The Morgan fingerprint density at radius 3 is 1.53 bits per heavy atom. The van der Waals surface area contributed by atoms with Crippen LogP contribution >= 0.6 is 0 Å². The second kappa shape index (κ2) is 13.7. The molecule has 3 aromatic rings. The molecule has 172 valence electrons. The summed E-state index contributed by atoms with van der Waals surface area (Å²) in [5.41, 5.74) is 2.49. The van der Waals surface area contributed by atoms with Gasteiger partial charge in [-0.3, -0.25) is 0 Å². The first-order valence-electron chi connectivity index (χ1n) is 11.0. The fourth-order valence-electron chi connectivity index (χ4n) is 2.89. The Kier molecular flexibility index (Phi) is 11.0. The molecule has 0 N–H and O–H groups in total. The Bertz CT molecular complexity index is 878. The summed E-state index contributed by atoms with van der Waals surface area (Å²) in [5.74, 6) is 1.80. The molecule has 32 heavy (non-hydrogen) atoms. The minimum atomic E-state index is -1.81. The van der Waals surface area contributed by atoms with E-state index in [1.54, 1.807) is 7.11 Å². The third kappa shape index (κ3) is 9.69. The second-order valence-electron chi connectivity index (χ2n) is 8.04.